The van der Waals surface area contributed by atoms with Gasteiger partial charge in [-0.25, -0.2) is 0 Å². The number of aromatic nitrogens is 3. The average Bonchev–Trinajstić information content (AvgIpc) is 3.04. The summed E-state index contributed by atoms with van der Waals surface area (Å²) in [6.45, 7) is 0. The monoisotopic (exact) mass is 438 g/mol. The average molecular weight is 440 g/mol. The molecule has 25 heavy (non-hydrogen) atoms. The van der Waals surface area contributed by atoms with Crippen LogP contribution in [0.2, 0.25) is 5.02 Å². The van der Waals surface area contributed by atoms with Gasteiger partial charge in [0.15, 0.2) is 11.5 Å². The van der Waals surface area contributed by atoms with Crippen LogP contribution in [0.15, 0.2) is 47.1 Å². The van der Waals surface area contributed by atoms with E-state index >= 15 is 0 Å². The Hall–Kier alpha value is -1.57. The molecule has 1 unspecified atom stereocenters. The number of halogens is 2. The lowest BCUT2D eigenvalue weighted by atomic mass is 10.1. The first-order valence-corrected chi connectivity index (χ1v) is 10.2. The van der Waals surface area contributed by atoms with Crippen LogP contribution in [0.4, 0.5) is 0 Å². The second kappa shape index (κ2) is 8.21. The fraction of sp³-hybridized carbons (Fsp3) is 0.235. The minimum atomic E-state index is -0.247. The molecule has 0 aliphatic heterocycles. The first-order valence-electron chi connectivity index (χ1n) is 7.64. The molecular formula is C17H16BrClN4OS. The summed E-state index contributed by atoms with van der Waals surface area (Å²) in [5.74, 6) is 1.41. The molecule has 3 rings (SSSR count). The van der Waals surface area contributed by atoms with E-state index in [9.17, 15) is 4.79 Å². The van der Waals surface area contributed by atoms with Crippen molar-refractivity contribution in [3.63, 3.8) is 0 Å². The zero-order chi connectivity index (χ0) is 17.8. The molecule has 0 radical (unpaired) electrons. The smallest absolute Gasteiger partial charge is 0.253 e. The molecule has 0 spiro atoms. The Labute approximate surface area is 163 Å². The Morgan fingerprint density at radius 1 is 1.36 bits per heavy atom. The number of thioether (sulfide) groups is 1. The summed E-state index contributed by atoms with van der Waals surface area (Å²) in [5, 5.41) is 12.1. The largest absolute Gasteiger partial charge is 0.342 e. The first kappa shape index (κ1) is 18.2. The minimum Gasteiger partial charge on any atom is -0.342 e. The predicted octanol–water partition coefficient (Wildman–Crippen LogP) is 4.37. The highest BCUT2D eigenvalue weighted by atomic mass is 79.9. The molecule has 0 fully saturated rings. The number of carbonyl (C=O) groups is 1. The molecule has 1 aromatic carbocycles. The second-order valence-electron chi connectivity index (χ2n) is 5.42. The topological polar surface area (TPSA) is 59.3 Å². The van der Waals surface area contributed by atoms with Gasteiger partial charge in [-0.15, -0.1) is 10.2 Å². The maximum Gasteiger partial charge on any atom is 0.253 e. The van der Waals surface area contributed by atoms with Crippen LogP contribution in [0.5, 0.6) is 0 Å². The third-order valence-corrected chi connectivity index (χ3v) is 5.31. The van der Waals surface area contributed by atoms with Crippen molar-refractivity contribution in [2.45, 2.75) is 12.5 Å². The van der Waals surface area contributed by atoms with Gasteiger partial charge in [0.2, 0.25) is 0 Å². The van der Waals surface area contributed by atoms with E-state index in [0.717, 1.165) is 23.6 Å². The normalized spacial score (nSPS) is 12.3. The molecule has 1 amide bonds. The standard InChI is InChI=1S/C17H16BrClN4OS/c1-25-9-7-14(16-22-21-15-4-2-3-8-23(15)16)20-17(24)12-10-11(19)5-6-13(12)18/h2-6,8,10,14H,7,9H2,1H3,(H,20,24). The number of hydrogen-bond acceptors (Lipinski definition) is 4. The van der Waals surface area contributed by atoms with Gasteiger partial charge in [-0.1, -0.05) is 17.7 Å². The minimum absolute atomic E-state index is 0.201. The molecule has 5 nitrogen and oxygen atoms in total. The van der Waals surface area contributed by atoms with E-state index in [-0.39, 0.29) is 11.9 Å². The predicted molar refractivity (Wildman–Crippen MR) is 105 cm³/mol. The zero-order valence-electron chi connectivity index (χ0n) is 13.4. The van der Waals surface area contributed by atoms with Crippen molar-refractivity contribution >= 4 is 50.8 Å². The van der Waals surface area contributed by atoms with Gasteiger partial charge in [-0.2, -0.15) is 11.8 Å². The quantitative estimate of drug-likeness (QED) is 0.619. The van der Waals surface area contributed by atoms with Gasteiger partial charge in [0, 0.05) is 15.7 Å². The van der Waals surface area contributed by atoms with E-state index in [0.29, 0.717) is 15.1 Å². The van der Waals surface area contributed by atoms with E-state index in [2.05, 4.69) is 31.4 Å². The van der Waals surface area contributed by atoms with Crippen LogP contribution in [-0.2, 0) is 0 Å². The Morgan fingerprint density at radius 2 is 2.20 bits per heavy atom. The van der Waals surface area contributed by atoms with Gasteiger partial charge in [0.05, 0.1) is 11.6 Å². The summed E-state index contributed by atoms with van der Waals surface area (Å²) in [5.41, 5.74) is 1.25. The van der Waals surface area contributed by atoms with Crippen LogP contribution < -0.4 is 5.32 Å². The maximum absolute atomic E-state index is 12.8. The molecule has 130 valence electrons. The molecule has 0 aliphatic carbocycles. The number of benzene rings is 1. The Bertz CT molecular complexity index is 901. The van der Waals surface area contributed by atoms with Crippen LogP contribution >= 0.6 is 39.3 Å². The molecule has 3 aromatic rings. The molecular weight excluding hydrogens is 424 g/mol. The van der Waals surface area contributed by atoms with Crippen LogP contribution in [-0.4, -0.2) is 32.5 Å². The molecule has 2 aromatic heterocycles. The lowest BCUT2D eigenvalue weighted by Gasteiger charge is -2.17. The van der Waals surface area contributed by atoms with Crippen molar-refractivity contribution in [1.29, 1.82) is 0 Å². The summed E-state index contributed by atoms with van der Waals surface area (Å²) in [7, 11) is 0. The van der Waals surface area contributed by atoms with E-state index < -0.39 is 0 Å². The highest BCUT2D eigenvalue weighted by molar-refractivity contribution is 9.10. The Morgan fingerprint density at radius 3 is 3.00 bits per heavy atom. The van der Waals surface area contributed by atoms with Crippen molar-refractivity contribution in [3.8, 4) is 0 Å². The van der Waals surface area contributed by atoms with E-state index in [1.54, 1.807) is 30.0 Å². The number of amides is 1. The lowest BCUT2D eigenvalue weighted by molar-refractivity contribution is 0.0933. The van der Waals surface area contributed by atoms with Crippen LogP contribution in [0.3, 0.4) is 0 Å². The number of carbonyl (C=O) groups excluding carboxylic acids is 1. The Balaban J connectivity index is 1.91. The first-order chi connectivity index (χ1) is 12.1. The van der Waals surface area contributed by atoms with Crippen molar-refractivity contribution in [1.82, 2.24) is 19.9 Å². The van der Waals surface area contributed by atoms with Gasteiger partial charge in [0.25, 0.3) is 5.91 Å². The third kappa shape index (κ3) is 4.16. The number of nitrogens with one attached hydrogen (secondary N) is 1. The SMILES string of the molecule is CSCCC(NC(=O)c1cc(Cl)ccc1Br)c1nnc2ccccn12. The molecule has 1 atom stereocenters. The van der Waals surface area contributed by atoms with Crippen molar-refractivity contribution in [2.24, 2.45) is 0 Å². The molecule has 0 aliphatic rings. The van der Waals surface area contributed by atoms with E-state index in [1.807, 2.05) is 35.1 Å². The number of hydrogen-bond donors (Lipinski definition) is 1. The molecule has 0 saturated heterocycles. The van der Waals surface area contributed by atoms with Crippen molar-refractivity contribution < 1.29 is 4.79 Å². The number of pyridine rings is 1. The summed E-state index contributed by atoms with van der Waals surface area (Å²) < 4.78 is 2.60. The van der Waals surface area contributed by atoms with Crippen molar-refractivity contribution in [3.05, 3.63) is 63.5 Å². The second-order valence-corrected chi connectivity index (χ2v) is 7.70. The Kier molecular flexibility index (Phi) is 5.98. The summed E-state index contributed by atoms with van der Waals surface area (Å²) in [6.07, 6.45) is 4.69. The molecule has 8 heteroatoms. The number of nitrogens with zero attached hydrogens (tertiary/aromatic N) is 3. The molecule has 2 heterocycles. The van der Waals surface area contributed by atoms with E-state index in [1.165, 1.54) is 0 Å². The molecule has 1 N–H and O–H groups in total. The highest BCUT2D eigenvalue weighted by Crippen LogP contribution is 2.23. The van der Waals surface area contributed by atoms with Crippen LogP contribution in [0.1, 0.15) is 28.6 Å². The molecule has 0 saturated carbocycles. The number of fused-ring (bicyclic) bond motifs is 1. The summed E-state index contributed by atoms with van der Waals surface area (Å²) in [6, 6.07) is 10.6. The van der Waals surface area contributed by atoms with Crippen molar-refractivity contribution in [2.75, 3.05) is 12.0 Å². The van der Waals surface area contributed by atoms with Gasteiger partial charge in [-0.3, -0.25) is 9.20 Å². The molecule has 0 bridgehead atoms. The third-order valence-electron chi connectivity index (χ3n) is 3.74. The van der Waals surface area contributed by atoms with Crippen LogP contribution in [0, 0.1) is 0 Å². The number of rotatable bonds is 6. The lowest BCUT2D eigenvalue weighted by Crippen LogP contribution is -2.30. The summed E-state index contributed by atoms with van der Waals surface area (Å²) in [4.78, 5) is 12.8. The fourth-order valence-electron chi connectivity index (χ4n) is 2.51. The van der Waals surface area contributed by atoms with Gasteiger partial charge < -0.3 is 5.32 Å². The van der Waals surface area contributed by atoms with Gasteiger partial charge in [-0.05, 0) is 64.7 Å². The van der Waals surface area contributed by atoms with Crippen LogP contribution in [0.25, 0.3) is 5.65 Å². The van der Waals surface area contributed by atoms with E-state index in [4.69, 9.17) is 11.6 Å². The maximum atomic E-state index is 12.8. The fourth-order valence-corrected chi connectivity index (χ4v) is 3.58. The highest BCUT2D eigenvalue weighted by Gasteiger charge is 2.22. The zero-order valence-corrected chi connectivity index (χ0v) is 16.6. The van der Waals surface area contributed by atoms with Gasteiger partial charge in [0.1, 0.15) is 0 Å². The van der Waals surface area contributed by atoms with Gasteiger partial charge >= 0.3 is 0 Å². The summed E-state index contributed by atoms with van der Waals surface area (Å²) >= 11 is 11.2.